The minimum atomic E-state index is -0.209. The molecule has 1 amide bonds. The van der Waals surface area contributed by atoms with Crippen LogP contribution in [0.2, 0.25) is 0 Å². The third-order valence-electron chi connectivity index (χ3n) is 4.23. The molecular formula is C22H23N3O. The van der Waals surface area contributed by atoms with Gasteiger partial charge in [-0.1, -0.05) is 48.9 Å². The van der Waals surface area contributed by atoms with Crippen molar-refractivity contribution in [1.29, 1.82) is 0 Å². The van der Waals surface area contributed by atoms with Gasteiger partial charge in [0.2, 0.25) is 0 Å². The predicted octanol–water partition coefficient (Wildman–Crippen LogP) is 4.82. The third kappa shape index (κ3) is 4.70. The first-order valence-electron chi connectivity index (χ1n) is 8.80. The maximum atomic E-state index is 12.3. The number of anilines is 2. The molecule has 0 unspecified atom stereocenters. The molecule has 0 radical (unpaired) electrons. The van der Waals surface area contributed by atoms with E-state index >= 15 is 0 Å². The number of nitrogens with one attached hydrogen (secondary N) is 2. The molecule has 4 heteroatoms. The number of pyridine rings is 1. The van der Waals surface area contributed by atoms with Crippen LogP contribution in [0.15, 0.2) is 66.9 Å². The Morgan fingerprint density at radius 3 is 2.15 bits per heavy atom. The van der Waals surface area contributed by atoms with Crippen LogP contribution in [0.5, 0.6) is 0 Å². The molecule has 4 nitrogen and oxygen atoms in total. The molecule has 0 saturated heterocycles. The normalized spacial score (nSPS) is 10.4. The van der Waals surface area contributed by atoms with Crippen LogP contribution < -0.4 is 10.6 Å². The molecule has 1 aromatic heterocycles. The Balaban J connectivity index is 1.57. The fourth-order valence-corrected chi connectivity index (χ4v) is 2.56. The number of carbonyl (C=O) groups excluding carboxylic acids is 1. The van der Waals surface area contributed by atoms with Crippen molar-refractivity contribution in [2.75, 3.05) is 10.6 Å². The number of rotatable bonds is 6. The number of aromatic nitrogens is 1. The molecule has 3 rings (SSSR count). The number of benzene rings is 2. The van der Waals surface area contributed by atoms with E-state index in [4.69, 9.17) is 0 Å². The van der Waals surface area contributed by atoms with Gasteiger partial charge in [0.15, 0.2) is 0 Å². The number of amides is 1. The SMILES string of the molecule is CCc1ccc(NC(=O)c2ccc(NCc3ccc(C)cc3)cn2)cc1. The van der Waals surface area contributed by atoms with E-state index in [9.17, 15) is 4.79 Å². The van der Waals surface area contributed by atoms with Gasteiger partial charge in [-0.25, -0.2) is 4.98 Å². The lowest BCUT2D eigenvalue weighted by molar-refractivity contribution is 0.102. The number of nitrogens with zero attached hydrogens (tertiary/aromatic N) is 1. The van der Waals surface area contributed by atoms with Crippen LogP contribution >= 0.6 is 0 Å². The van der Waals surface area contributed by atoms with Gasteiger partial charge in [-0.15, -0.1) is 0 Å². The number of hydrogen-bond donors (Lipinski definition) is 2. The molecule has 0 atom stereocenters. The first-order chi connectivity index (χ1) is 12.6. The zero-order valence-electron chi connectivity index (χ0n) is 15.1. The summed E-state index contributed by atoms with van der Waals surface area (Å²) in [6.07, 6.45) is 2.66. The smallest absolute Gasteiger partial charge is 0.274 e. The van der Waals surface area contributed by atoms with Gasteiger partial charge in [0.25, 0.3) is 5.91 Å². The largest absolute Gasteiger partial charge is 0.380 e. The first kappa shape index (κ1) is 17.7. The highest BCUT2D eigenvalue weighted by molar-refractivity contribution is 6.02. The van der Waals surface area contributed by atoms with Gasteiger partial charge in [-0.05, 0) is 48.7 Å². The summed E-state index contributed by atoms with van der Waals surface area (Å²) in [7, 11) is 0. The van der Waals surface area contributed by atoms with Gasteiger partial charge < -0.3 is 10.6 Å². The first-order valence-corrected chi connectivity index (χ1v) is 8.80. The van der Waals surface area contributed by atoms with Crippen LogP contribution in [-0.2, 0) is 13.0 Å². The van der Waals surface area contributed by atoms with Crippen LogP contribution in [0.3, 0.4) is 0 Å². The van der Waals surface area contributed by atoms with Gasteiger partial charge in [-0.3, -0.25) is 4.79 Å². The number of carbonyl (C=O) groups is 1. The summed E-state index contributed by atoms with van der Waals surface area (Å²) in [6.45, 7) is 4.90. The van der Waals surface area contributed by atoms with E-state index in [0.717, 1.165) is 24.3 Å². The molecule has 0 spiro atoms. The van der Waals surface area contributed by atoms with Crippen molar-refractivity contribution in [3.05, 3.63) is 89.2 Å². The van der Waals surface area contributed by atoms with Crippen LogP contribution in [0.25, 0.3) is 0 Å². The summed E-state index contributed by atoms with van der Waals surface area (Å²) in [5.74, 6) is -0.209. The molecule has 0 aliphatic heterocycles. The monoisotopic (exact) mass is 345 g/mol. The standard InChI is InChI=1S/C22H23N3O/c1-3-17-8-10-19(11-9-17)25-22(26)21-13-12-20(15-24-21)23-14-18-6-4-16(2)5-7-18/h4-13,15,23H,3,14H2,1-2H3,(H,25,26). The molecule has 2 N–H and O–H groups in total. The van der Waals surface area contributed by atoms with Crippen molar-refractivity contribution in [1.82, 2.24) is 4.98 Å². The molecular weight excluding hydrogens is 322 g/mol. The van der Waals surface area contributed by atoms with E-state index < -0.39 is 0 Å². The molecule has 0 saturated carbocycles. The van der Waals surface area contributed by atoms with Crippen LogP contribution in [0, 0.1) is 6.92 Å². The Morgan fingerprint density at radius 2 is 1.54 bits per heavy atom. The Labute approximate surface area is 154 Å². The Hall–Kier alpha value is -3.14. The number of aryl methyl sites for hydroxylation is 2. The van der Waals surface area contributed by atoms with Crippen molar-refractivity contribution in [3.63, 3.8) is 0 Å². The summed E-state index contributed by atoms with van der Waals surface area (Å²) >= 11 is 0. The average Bonchev–Trinajstić information content (AvgIpc) is 2.68. The van der Waals surface area contributed by atoms with Crippen molar-refractivity contribution in [3.8, 4) is 0 Å². The third-order valence-corrected chi connectivity index (χ3v) is 4.23. The second-order valence-electron chi connectivity index (χ2n) is 6.28. The molecule has 0 bridgehead atoms. The molecule has 26 heavy (non-hydrogen) atoms. The van der Waals surface area contributed by atoms with Crippen molar-refractivity contribution >= 4 is 17.3 Å². The fourth-order valence-electron chi connectivity index (χ4n) is 2.56. The Morgan fingerprint density at radius 1 is 0.885 bits per heavy atom. The van der Waals surface area contributed by atoms with Crippen molar-refractivity contribution in [2.24, 2.45) is 0 Å². The van der Waals surface area contributed by atoms with E-state index in [2.05, 4.69) is 53.7 Å². The lowest BCUT2D eigenvalue weighted by Gasteiger charge is -2.08. The number of hydrogen-bond acceptors (Lipinski definition) is 3. The van der Waals surface area contributed by atoms with Gasteiger partial charge in [0.05, 0.1) is 11.9 Å². The summed E-state index contributed by atoms with van der Waals surface area (Å²) in [4.78, 5) is 16.6. The summed E-state index contributed by atoms with van der Waals surface area (Å²) < 4.78 is 0. The Kier molecular flexibility index (Phi) is 5.64. The minimum absolute atomic E-state index is 0.209. The second kappa shape index (κ2) is 8.30. The quantitative estimate of drug-likeness (QED) is 0.673. The highest BCUT2D eigenvalue weighted by Crippen LogP contribution is 2.13. The predicted molar refractivity (Wildman–Crippen MR) is 107 cm³/mol. The van der Waals surface area contributed by atoms with E-state index in [1.165, 1.54) is 16.7 Å². The molecule has 0 aliphatic rings. The van der Waals surface area contributed by atoms with Crippen LogP contribution in [0.4, 0.5) is 11.4 Å². The average molecular weight is 345 g/mol. The van der Waals surface area contributed by atoms with Crippen LogP contribution in [-0.4, -0.2) is 10.9 Å². The maximum Gasteiger partial charge on any atom is 0.274 e. The lowest BCUT2D eigenvalue weighted by Crippen LogP contribution is -2.13. The van der Waals surface area contributed by atoms with Crippen LogP contribution in [0.1, 0.15) is 34.1 Å². The Bertz CT molecular complexity index is 853. The summed E-state index contributed by atoms with van der Waals surface area (Å²) in [5.41, 5.74) is 5.74. The topological polar surface area (TPSA) is 54.0 Å². The van der Waals surface area contributed by atoms with Crippen molar-refractivity contribution < 1.29 is 4.79 Å². The summed E-state index contributed by atoms with van der Waals surface area (Å²) in [6, 6.07) is 19.8. The molecule has 1 heterocycles. The lowest BCUT2D eigenvalue weighted by atomic mass is 10.1. The van der Waals surface area contributed by atoms with Gasteiger partial charge >= 0.3 is 0 Å². The van der Waals surface area contributed by atoms with E-state index in [0.29, 0.717) is 5.69 Å². The van der Waals surface area contributed by atoms with E-state index in [1.54, 1.807) is 12.3 Å². The molecule has 0 fully saturated rings. The highest BCUT2D eigenvalue weighted by Gasteiger charge is 2.07. The molecule has 0 aliphatic carbocycles. The van der Waals surface area contributed by atoms with Gasteiger partial charge in [0, 0.05) is 12.2 Å². The van der Waals surface area contributed by atoms with Gasteiger partial charge in [0.1, 0.15) is 5.69 Å². The highest BCUT2D eigenvalue weighted by atomic mass is 16.1. The maximum absolute atomic E-state index is 12.3. The van der Waals surface area contributed by atoms with E-state index in [-0.39, 0.29) is 5.91 Å². The van der Waals surface area contributed by atoms with Gasteiger partial charge in [-0.2, -0.15) is 0 Å². The van der Waals surface area contributed by atoms with Crippen molar-refractivity contribution in [2.45, 2.75) is 26.8 Å². The zero-order valence-corrected chi connectivity index (χ0v) is 15.1. The second-order valence-corrected chi connectivity index (χ2v) is 6.28. The zero-order chi connectivity index (χ0) is 18.4. The molecule has 132 valence electrons. The van der Waals surface area contributed by atoms with E-state index in [1.807, 2.05) is 30.3 Å². The molecule has 3 aromatic rings. The minimum Gasteiger partial charge on any atom is -0.380 e. The summed E-state index contributed by atoms with van der Waals surface area (Å²) in [5, 5.41) is 6.18. The molecule has 2 aromatic carbocycles. The fraction of sp³-hybridized carbons (Fsp3) is 0.182.